The van der Waals surface area contributed by atoms with Crippen LogP contribution in [0.4, 0.5) is 0 Å². The zero-order chi connectivity index (χ0) is 38.1. The summed E-state index contributed by atoms with van der Waals surface area (Å²) in [6, 6.07) is 0. The predicted molar refractivity (Wildman–Crippen MR) is 192 cm³/mol. The van der Waals surface area contributed by atoms with Crippen LogP contribution in [0.1, 0.15) is 136 Å². The summed E-state index contributed by atoms with van der Waals surface area (Å²) in [7, 11) is 0. The molecule has 7 N–H and O–H groups in total. The van der Waals surface area contributed by atoms with Gasteiger partial charge in [0.1, 0.15) is 54.9 Å². The van der Waals surface area contributed by atoms with Crippen molar-refractivity contribution in [3.63, 3.8) is 0 Å². The highest BCUT2D eigenvalue weighted by molar-refractivity contribution is 5.69. The molecule has 14 nitrogen and oxygen atoms in total. The number of ether oxygens (including phenoxy) is 6. The molecule has 2 rings (SSSR count). The molecular weight excluding hydrogens is 680 g/mol. The Morgan fingerprint density at radius 2 is 1.02 bits per heavy atom. The second-order valence-corrected chi connectivity index (χ2v) is 14.5. The maximum atomic E-state index is 12.3. The van der Waals surface area contributed by atoms with Gasteiger partial charge in [0.15, 0.2) is 12.6 Å². The molecule has 2 aliphatic rings. The minimum atomic E-state index is -1.70. The summed E-state index contributed by atoms with van der Waals surface area (Å²) in [6.07, 6.45) is 6.54. The fraction of sp³-hybridized carbons (Fsp3) is 0.974. The summed E-state index contributed by atoms with van der Waals surface area (Å²) in [4.78, 5) is 12.3. The molecule has 0 bridgehead atoms. The number of hydrogen-bond acceptors (Lipinski definition) is 14. The maximum Gasteiger partial charge on any atom is 0.306 e. The van der Waals surface area contributed by atoms with Gasteiger partial charge in [-0.1, -0.05) is 117 Å². The number of aliphatic hydroxyl groups is 7. The molecule has 0 spiro atoms. The highest BCUT2D eigenvalue weighted by Gasteiger charge is 2.47. The lowest BCUT2D eigenvalue weighted by Crippen LogP contribution is -2.61. The number of rotatable bonds is 30. The molecule has 14 heteroatoms. The number of aliphatic hydroxyl groups excluding tert-OH is 7. The molecule has 2 aliphatic heterocycles. The molecule has 11 unspecified atom stereocenters. The van der Waals surface area contributed by atoms with Gasteiger partial charge >= 0.3 is 5.97 Å². The number of hydrogen-bond donors (Lipinski definition) is 7. The van der Waals surface area contributed by atoms with Crippen molar-refractivity contribution in [2.45, 2.75) is 203 Å². The Balaban J connectivity index is 1.66. The molecule has 52 heavy (non-hydrogen) atoms. The highest BCUT2D eigenvalue weighted by atomic mass is 16.7. The van der Waals surface area contributed by atoms with Crippen LogP contribution in [-0.4, -0.2) is 142 Å². The van der Waals surface area contributed by atoms with Crippen molar-refractivity contribution in [1.29, 1.82) is 0 Å². The van der Waals surface area contributed by atoms with E-state index in [4.69, 9.17) is 28.4 Å². The quantitative estimate of drug-likeness (QED) is 0.0415. The van der Waals surface area contributed by atoms with E-state index in [1.807, 2.05) is 6.92 Å². The second kappa shape index (κ2) is 28.4. The van der Waals surface area contributed by atoms with E-state index in [-0.39, 0.29) is 19.6 Å². The van der Waals surface area contributed by atoms with Crippen molar-refractivity contribution < 1.29 is 69.0 Å². The Bertz CT molecular complexity index is 881. The van der Waals surface area contributed by atoms with Crippen molar-refractivity contribution >= 4 is 5.97 Å². The van der Waals surface area contributed by atoms with Crippen molar-refractivity contribution in [3.05, 3.63) is 0 Å². The summed E-state index contributed by atoms with van der Waals surface area (Å²) in [5, 5.41) is 71.1. The van der Waals surface area contributed by atoms with E-state index in [9.17, 15) is 40.5 Å². The first-order chi connectivity index (χ1) is 25.1. The Labute approximate surface area is 311 Å². The zero-order valence-corrected chi connectivity index (χ0v) is 31.8. The summed E-state index contributed by atoms with van der Waals surface area (Å²) in [6.45, 7) is 3.31. The fourth-order valence-corrected chi connectivity index (χ4v) is 6.50. The number of esters is 1. The van der Waals surface area contributed by atoms with Crippen molar-refractivity contribution in [1.82, 2.24) is 0 Å². The lowest BCUT2D eigenvalue weighted by Gasteiger charge is -2.42. The van der Waals surface area contributed by atoms with Gasteiger partial charge in [0.2, 0.25) is 0 Å². The van der Waals surface area contributed by atoms with E-state index in [2.05, 4.69) is 6.92 Å². The predicted octanol–water partition coefficient (Wildman–Crippen LogP) is 3.01. The molecule has 0 radical (unpaired) electrons. The summed E-state index contributed by atoms with van der Waals surface area (Å²) >= 11 is 0. The Kier molecular flexibility index (Phi) is 25.8. The molecule has 0 saturated carbocycles. The van der Waals surface area contributed by atoms with Crippen LogP contribution < -0.4 is 0 Å². The van der Waals surface area contributed by atoms with Gasteiger partial charge in [-0.15, -0.1) is 0 Å². The Hall–Kier alpha value is -1.01. The summed E-state index contributed by atoms with van der Waals surface area (Å²) < 4.78 is 33.5. The van der Waals surface area contributed by atoms with Gasteiger partial charge in [-0.3, -0.25) is 4.79 Å². The van der Waals surface area contributed by atoms with Crippen molar-refractivity contribution in [2.24, 2.45) is 0 Å². The SMILES string of the molecule is CCCCCCCCCCCCCCCCCCCOCC(COC1OC(COC2OC(CO)C(O)C(O)C2O)C(O)C(O)C1O)OC(=O)CCC. The largest absolute Gasteiger partial charge is 0.457 e. The van der Waals surface area contributed by atoms with Crippen LogP contribution in [0.25, 0.3) is 0 Å². The van der Waals surface area contributed by atoms with E-state index in [0.29, 0.717) is 13.0 Å². The van der Waals surface area contributed by atoms with Gasteiger partial charge in [-0.05, 0) is 12.8 Å². The lowest BCUT2D eigenvalue weighted by atomic mass is 9.98. The molecule has 11 atom stereocenters. The van der Waals surface area contributed by atoms with Crippen LogP contribution in [0.15, 0.2) is 0 Å². The van der Waals surface area contributed by atoms with E-state index < -0.39 is 86.7 Å². The van der Waals surface area contributed by atoms with E-state index in [0.717, 1.165) is 19.3 Å². The molecule has 308 valence electrons. The smallest absolute Gasteiger partial charge is 0.306 e. The molecule has 0 aromatic carbocycles. The second-order valence-electron chi connectivity index (χ2n) is 14.5. The van der Waals surface area contributed by atoms with E-state index >= 15 is 0 Å². The summed E-state index contributed by atoms with van der Waals surface area (Å²) in [5.41, 5.74) is 0. The highest BCUT2D eigenvalue weighted by Crippen LogP contribution is 2.26. The van der Waals surface area contributed by atoms with Gasteiger partial charge < -0.3 is 64.2 Å². The number of unbranched alkanes of at least 4 members (excludes halogenated alkanes) is 16. The zero-order valence-electron chi connectivity index (χ0n) is 31.8. The van der Waals surface area contributed by atoms with E-state index in [1.54, 1.807) is 0 Å². The monoisotopic (exact) mass is 752 g/mol. The Morgan fingerprint density at radius 1 is 0.558 bits per heavy atom. The molecule has 0 aromatic heterocycles. The molecular formula is C38H72O14. The van der Waals surface area contributed by atoms with Crippen LogP contribution in [0.2, 0.25) is 0 Å². The lowest BCUT2D eigenvalue weighted by molar-refractivity contribution is -0.332. The standard InChI is InChI=1S/C38H72O14/c1-3-5-6-7-8-9-10-11-12-13-14-15-16-17-18-19-20-22-47-24-27(50-30(40)21-4-2)25-48-37-36(46)34(44)32(42)29(52-37)26-49-38-35(45)33(43)31(41)28(23-39)51-38/h27-29,31-39,41-46H,3-26H2,1-2H3. The van der Waals surface area contributed by atoms with Crippen molar-refractivity contribution in [2.75, 3.05) is 33.0 Å². The van der Waals surface area contributed by atoms with Gasteiger partial charge in [0, 0.05) is 13.0 Å². The molecule has 0 amide bonds. The third kappa shape index (κ3) is 18.1. The van der Waals surface area contributed by atoms with Crippen LogP contribution in [0.3, 0.4) is 0 Å². The van der Waals surface area contributed by atoms with Gasteiger partial charge in [0.25, 0.3) is 0 Å². The topological polar surface area (TPSA) is 214 Å². The first-order valence-corrected chi connectivity index (χ1v) is 20.1. The third-order valence-corrected chi connectivity index (χ3v) is 9.84. The number of carbonyl (C=O) groups excluding carboxylic acids is 1. The normalized spacial score (nSPS) is 30.0. The molecule has 0 aliphatic carbocycles. The average Bonchev–Trinajstić information content (AvgIpc) is 3.13. The molecule has 2 heterocycles. The summed E-state index contributed by atoms with van der Waals surface area (Å²) in [5.74, 6) is -0.427. The average molecular weight is 753 g/mol. The molecule has 2 fully saturated rings. The Morgan fingerprint density at radius 3 is 1.52 bits per heavy atom. The van der Waals surface area contributed by atoms with Crippen LogP contribution in [0, 0.1) is 0 Å². The molecule has 2 saturated heterocycles. The number of carbonyl (C=O) groups is 1. The minimum Gasteiger partial charge on any atom is -0.457 e. The third-order valence-electron chi connectivity index (χ3n) is 9.84. The minimum absolute atomic E-state index is 0.0615. The van der Waals surface area contributed by atoms with Crippen LogP contribution in [0.5, 0.6) is 0 Å². The molecule has 0 aromatic rings. The van der Waals surface area contributed by atoms with E-state index in [1.165, 1.54) is 89.9 Å². The first kappa shape index (κ1) is 47.1. The van der Waals surface area contributed by atoms with Crippen LogP contribution >= 0.6 is 0 Å². The fourth-order valence-electron chi connectivity index (χ4n) is 6.50. The van der Waals surface area contributed by atoms with Crippen LogP contribution in [-0.2, 0) is 33.2 Å². The first-order valence-electron chi connectivity index (χ1n) is 20.1. The van der Waals surface area contributed by atoms with Crippen molar-refractivity contribution in [3.8, 4) is 0 Å². The maximum absolute atomic E-state index is 12.3. The van der Waals surface area contributed by atoms with Gasteiger partial charge in [0.05, 0.1) is 26.4 Å². The van der Waals surface area contributed by atoms with Gasteiger partial charge in [-0.2, -0.15) is 0 Å². The van der Waals surface area contributed by atoms with Gasteiger partial charge in [-0.25, -0.2) is 0 Å².